The van der Waals surface area contributed by atoms with Crippen molar-refractivity contribution in [1.82, 2.24) is 9.97 Å². The molecule has 12 heavy (non-hydrogen) atoms. The van der Waals surface area contributed by atoms with Gasteiger partial charge in [-0.2, -0.15) is 0 Å². The van der Waals surface area contributed by atoms with E-state index in [2.05, 4.69) is 9.97 Å². The van der Waals surface area contributed by atoms with E-state index in [-0.39, 0.29) is 0 Å². The summed E-state index contributed by atoms with van der Waals surface area (Å²) in [5.41, 5.74) is 3.45. The highest BCUT2D eigenvalue weighted by Crippen LogP contribution is 2.16. The predicted octanol–water partition coefficient (Wildman–Crippen LogP) is 2.77. The number of rotatable bonds is 1. The molecule has 2 rings (SSSR count). The van der Waals surface area contributed by atoms with Crippen LogP contribution in [0, 0.1) is 0 Å². The Hall–Kier alpha value is -1.28. The van der Waals surface area contributed by atoms with Gasteiger partial charge in [0, 0.05) is 28.9 Å². The van der Waals surface area contributed by atoms with E-state index < -0.39 is 0 Å². The third-order valence-corrected chi connectivity index (χ3v) is 1.85. The van der Waals surface area contributed by atoms with Gasteiger partial charge in [0.15, 0.2) is 0 Å². The van der Waals surface area contributed by atoms with Crippen molar-refractivity contribution in [3.63, 3.8) is 0 Å². The van der Waals surface area contributed by atoms with E-state index in [0.29, 0.717) is 0 Å². The van der Waals surface area contributed by atoms with Gasteiger partial charge in [-0.1, -0.05) is 11.6 Å². The molecule has 0 bridgehead atoms. The van der Waals surface area contributed by atoms with Gasteiger partial charge in [-0.25, -0.2) is 4.98 Å². The largest absolute Gasteiger partial charge is 0.346 e. The second-order valence-corrected chi connectivity index (χ2v) is 2.69. The van der Waals surface area contributed by atoms with Crippen LogP contribution in [0.1, 0.15) is 5.56 Å². The lowest BCUT2D eigenvalue weighted by Crippen LogP contribution is -1.72. The first-order chi connectivity index (χ1) is 5.92. The number of fused-ring (bicyclic) bond motifs is 1. The number of hydrogen-bond acceptors (Lipinski definition) is 1. The fourth-order valence-electron chi connectivity index (χ4n) is 1.18. The first-order valence-electron chi connectivity index (χ1n) is 3.60. The molecular formula is C9H7ClN2. The van der Waals surface area contributed by atoms with Gasteiger partial charge in [0.2, 0.25) is 0 Å². The summed E-state index contributed by atoms with van der Waals surface area (Å²) >= 11 is 5.48. The lowest BCUT2D eigenvalue weighted by Gasteiger charge is -1.87. The maximum absolute atomic E-state index is 5.48. The van der Waals surface area contributed by atoms with Crippen LogP contribution in [0.25, 0.3) is 17.1 Å². The predicted molar refractivity (Wildman–Crippen MR) is 51.0 cm³/mol. The van der Waals surface area contributed by atoms with Crippen molar-refractivity contribution in [3.05, 3.63) is 35.6 Å². The van der Waals surface area contributed by atoms with E-state index in [1.165, 1.54) is 5.54 Å². The fraction of sp³-hybridized carbons (Fsp3) is 0. The number of aromatic amines is 1. The van der Waals surface area contributed by atoms with Crippen molar-refractivity contribution < 1.29 is 0 Å². The third kappa shape index (κ3) is 1.10. The SMILES string of the molecule is Cl/C=C/c1c[nH]c2ncccc12. The minimum Gasteiger partial charge on any atom is -0.346 e. The van der Waals surface area contributed by atoms with Crippen LogP contribution in [0.4, 0.5) is 0 Å². The Morgan fingerprint density at radius 1 is 1.50 bits per heavy atom. The van der Waals surface area contributed by atoms with Crippen molar-refractivity contribution in [1.29, 1.82) is 0 Å². The Kier molecular flexibility index (Phi) is 1.84. The molecule has 0 atom stereocenters. The molecule has 0 aliphatic rings. The van der Waals surface area contributed by atoms with Crippen molar-refractivity contribution in [2.24, 2.45) is 0 Å². The highest BCUT2D eigenvalue weighted by atomic mass is 35.5. The minimum absolute atomic E-state index is 0.891. The number of H-pyrrole nitrogens is 1. The van der Waals surface area contributed by atoms with E-state index in [1.807, 2.05) is 24.4 Å². The number of halogens is 1. The van der Waals surface area contributed by atoms with Crippen LogP contribution in [0.2, 0.25) is 0 Å². The van der Waals surface area contributed by atoms with Crippen LogP contribution >= 0.6 is 11.6 Å². The zero-order valence-corrected chi connectivity index (χ0v) is 7.05. The van der Waals surface area contributed by atoms with Crippen molar-refractivity contribution in [2.45, 2.75) is 0 Å². The molecule has 0 fully saturated rings. The number of pyridine rings is 1. The van der Waals surface area contributed by atoms with Crippen molar-refractivity contribution >= 4 is 28.7 Å². The van der Waals surface area contributed by atoms with Crippen LogP contribution in [0.5, 0.6) is 0 Å². The van der Waals surface area contributed by atoms with Crippen LogP contribution in [-0.2, 0) is 0 Å². The van der Waals surface area contributed by atoms with Crippen LogP contribution < -0.4 is 0 Å². The van der Waals surface area contributed by atoms with Gasteiger partial charge in [-0.3, -0.25) is 0 Å². The van der Waals surface area contributed by atoms with Gasteiger partial charge in [0.1, 0.15) is 5.65 Å². The topological polar surface area (TPSA) is 28.7 Å². The fourth-order valence-corrected chi connectivity index (χ4v) is 1.32. The Balaban J connectivity index is 2.70. The molecule has 0 radical (unpaired) electrons. The number of hydrogen-bond donors (Lipinski definition) is 1. The molecule has 0 saturated heterocycles. The molecule has 0 aliphatic carbocycles. The van der Waals surface area contributed by atoms with Crippen molar-refractivity contribution in [2.75, 3.05) is 0 Å². The standard InChI is InChI=1S/C9H7ClN2/c10-4-3-7-6-12-9-8(7)2-1-5-11-9/h1-6H,(H,11,12)/b4-3+. The zero-order valence-electron chi connectivity index (χ0n) is 6.29. The molecule has 0 aliphatic heterocycles. The normalized spacial score (nSPS) is 11.4. The summed E-state index contributed by atoms with van der Waals surface area (Å²) in [6.07, 6.45) is 5.48. The molecule has 0 saturated carbocycles. The quantitative estimate of drug-likeness (QED) is 0.715. The molecule has 0 amide bonds. The van der Waals surface area contributed by atoms with Gasteiger partial charge in [-0.05, 0) is 18.2 Å². The van der Waals surface area contributed by atoms with Crippen LogP contribution in [0.3, 0.4) is 0 Å². The molecule has 0 unspecified atom stereocenters. The van der Waals surface area contributed by atoms with Gasteiger partial charge in [0.25, 0.3) is 0 Å². The number of nitrogens with one attached hydrogen (secondary N) is 1. The van der Waals surface area contributed by atoms with Gasteiger partial charge < -0.3 is 4.98 Å². The Morgan fingerprint density at radius 3 is 3.25 bits per heavy atom. The van der Waals surface area contributed by atoms with Gasteiger partial charge in [0.05, 0.1) is 0 Å². The number of aromatic nitrogens is 2. The molecular weight excluding hydrogens is 172 g/mol. The minimum atomic E-state index is 0.891. The third-order valence-electron chi connectivity index (χ3n) is 1.73. The smallest absolute Gasteiger partial charge is 0.137 e. The Morgan fingerprint density at radius 2 is 2.42 bits per heavy atom. The van der Waals surface area contributed by atoms with Gasteiger partial charge >= 0.3 is 0 Å². The molecule has 3 heteroatoms. The van der Waals surface area contributed by atoms with Crippen LogP contribution in [0.15, 0.2) is 30.1 Å². The average Bonchev–Trinajstić information content (AvgIpc) is 2.50. The van der Waals surface area contributed by atoms with Crippen molar-refractivity contribution in [3.8, 4) is 0 Å². The van der Waals surface area contributed by atoms with E-state index in [4.69, 9.17) is 11.6 Å². The molecule has 0 aromatic carbocycles. The van der Waals surface area contributed by atoms with E-state index in [1.54, 1.807) is 6.20 Å². The summed E-state index contributed by atoms with van der Waals surface area (Å²) in [5.74, 6) is 0. The molecule has 0 spiro atoms. The highest BCUT2D eigenvalue weighted by molar-refractivity contribution is 6.27. The molecule has 2 heterocycles. The second kappa shape index (κ2) is 2.99. The van der Waals surface area contributed by atoms with E-state index in [0.717, 1.165) is 16.6 Å². The molecule has 60 valence electrons. The maximum atomic E-state index is 5.48. The Bertz CT molecular complexity index is 417. The molecule has 1 N–H and O–H groups in total. The zero-order chi connectivity index (χ0) is 8.39. The lowest BCUT2D eigenvalue weighted by molar-refractivity contribution is 1.33. The summed E-state index contributed by atoms with van der Waals surface area (Å²) in [6, 6.07) is 3.91. The van der Waals surface area contributed by atoms with E-state index in [9.17, 15) is 0 Å². The number of nitrogens with zero attached hydrogens (tertiary/aromatic N) is 1. The lowest BCUT2D eigenvalue weighted by atomic mass is 10.2. The second-order valence-electron chi connectivity index (χ2n) is 2.44. The summed E-state index contributed by atoms with van der Waals surface area (Å²) in [6.45, 7) is 0. The molecule has 2 aromatic rings. The van der Waals surface area contributed by atoms with Crippen LogP contribution in [-0.4, -0.2) is 9.97 Å². The molecule has 2 nitrogen and oxygen atoms in total. The molecule has 2 aromatic heterocycles. The summed E-state index contributed by atoms with van der Waals surface area (Å²) in [7, 11) is 0. The average molecular weight is 179 g/mol. The summed E-state index contributed by atoms with van der Waals surface area (Å²) < 4.78 is 0. The summed E-state index contributed by atoms with van der Waals surface area (Å²) in [4.78, 5) is 7.20. The maximum Gasteiger partial charge on any atom is 0.137 e. The summed E-state index contributed by atoms with van der Waals surface area (Å²) in [5, 5.41) is 1.09. The Labute approximate surface area is 74.9 Å². The van der Waals surface area contributed by atoms with Gasteiger partial charge in [-0.15, -0.1) is 0 Å². The first-order valence-corrected chi connectivity index (χ1v) is 4.04. The monoisotopic (exact) mass is 178 g/mol. The highest BCUT2D eigenvalue weighted by Gasteiger charge is 1.98. The van der Waals surface area contributed by atoms with E-state index >= 15 is 0 Å². The first kappa shape index (κ1) is 7.37.